The van der Waals surface area contributed by atoms with Gasteiger partial charge < -0.3 is 33.9 Å². The van der Waals surface area contributed by atoms with E-state index in [0.717, 1.165) is 0 Å². The van der Waals surface area contributed by atoms with Crippen LogP contribution in [-0.2, 0) is 0 Å². The number of benzene rings is 2. The van der Waals surface area contributed by atoms with E-state index in [1.54, 1.807) is 18.2 Å². The molecule has 1 aliphatic heterocycles. The lowest BCUT2D eigenvalue weighted by Crippen LogP contribution is -2.36. The molecule has 8 nitrogen and oxygen atoms in total. The number of aromatic hydroxyl groups is 2. The van der Waals surface area contributed by atoms with Crippen molar-refractivity contribution in [3.8, 4) is 28.7 Å². The molecule has 2 unspecified atom stereocenters. The summed E-state index contributed by atoms with van der Waals surface area (Å²) in [4.78, 5) is 11.6. The van der Waals surface area contributed by atoms with E-state index in [0.29, 0.717) is 16.7 Å². The van der Waals surface area contributed by atoms with Gasteiger partial charge in [-0.2, -0.15) is 0 Å². The SMILES string of the molecule is COc1cc(C2Oc3ccc4ccc(=O)oc4c3OC2CO)cc(O)c1O. The maximum absolute atomic E-state index is 11.6. The van der Waals surface area contributed by atoms with Crippen LogP contribution in [0.25, 0.3) is 11.0 Å². The molecule has 140 valence electrons. The van der Waals surface area contributed by atoms with Crippen molar-refractivity contribution in [2.75, 3.05) is 13.7 Å². The van der Waals surface area contributed by atoms with Crippen LogP contribution in [0.3, 0.4) is 0 Å². The Labute approximate surface area is 152 Å². The summed E-state index contributed by atoms with van der Waals surface area (Å²) in [5, 5.41) is 30.2. The molecule has 27 heavy (non-hydrogen) atoms. The number of aliphatic hydroxyl groups is 1. The van der Waals surface area contributed by atoms with Gasteiger partial charge in [-0.1, -0.05) is 0 Å². The van der Waals surface area contributed by atoms with Gasteiger partial charge in [0.2, 0.25) is 11.5 Å². The molecule has 1 aliphatic rings. The Morgan fingerprint density at radius 1 is 1.11 bits per heavy atom. The quantitative estimate of drug-likeness (QED) is 0.472. The average Bonchev–Trinajstić information content (AvgIpc) is 2.68. The summed E-state index contributed by atoms with van der Waals surface area (Å²) in [6.07, 6.45) is -1.64. The van der Waals surface area contributed by atoms with Gasteiger partial charge in [-0.25, -0.2) is 4.79 Å². The molecule has 0 radical (unpaired) electrons. The van der Waals surface area contributed by atoms with Gasteiger partial charge in [-0.3, -0.25) is 0 Å². The maximum Gasteiger partial charge on any atom is 0.336 e. The van der Waals surface area contributed by atoms with Crippen molar-refractivity contribution in [3.63, 3.8) is 0 Å². The van der Waals surface area contributed by atoms with E-state index >= 15 is 0 Å². The lowest BCUT2D eigenvalue weighted by molar-refractivity contribution is -0.0119. The lowest BCUT2D eigenvalue weighted by Gasteiger charge is -2.33. The fraction of sp³-hybridized carbons (Fsp3) is 0.211. The van der Waals surface area contributed by atoms with E-state index in [2.05, 4.69) is 0 Å². The Kier molecular flexibility index (Phi) is 4.04. The van der Waals surface area contributed by atoms with E-state index in [4.69, 9.17) is 18.6 Å². The van der Waals surface area contributed by atoms with Crippen molar-refractivity contribution in [2.24, 2.45) is 0 Å². The third kappa shape index (κ3) is 2.80. The highest BCUT2D eigenvalue weighted by molar-refractivity contribution is 5.85. The van der Waals surface area contributed by atoms with Crippen molar-refractivity contribution in [3.05, 3.63) is 52.4 Å². The molecule has 3 N–H and O–H groups in total. The summed E-state index contributed by atoms with van der Waals surface area (Å²) in [5.74, 6) is -0.194. The van der Waals surface area contributed by atoms with Gasteiger partial charge >= 0.3 is 5.63 Å². The van der Waals surface area contributed by atoms with E-state index in [-0.39, 0.29) is 22.8 Å². The second kappa shape index (κ2) is 6.40. The first kappa shape index (κ1) is 17.0. The summed E-state index contributed by atoms with van der Waals surface area (Å²) in [7, 11) is 1.35. The van der Waals surface area contributed by atoms with E-state index in [9.17, 15) is 20.1 Å². The Bertz CT molecular complexity index is 1070. The largest absolute Gasteiger partial charge is 0.504 e. The zero-order valence-corrected chi connectivity index (χ0v) is 14.2. The highest BCUT2D eigenvalue weighted by atomic mass is 16.6. The van der Waals surface area contributed by atoms with Gasteiger partial charge in [0.05, 0.1) is 13.7 Å². The van der Waals surface area contributed by atoms with Gasteiger partial charge in [-0.15, -0.1) is 0 Å². The van der Waals surface area contributed by atoms with Crippen LogP contribution in [0.5, 0.6) is 28.7 Å². The molecule has 0 spiro atoms. The van der Waals surface area contributed by atoms with Crippen LogP contribution in [0.1, 0.15) is 11.7 Å². The molecule has 0 bridgehead atoms. The van der Waals surface area contributed by atoms with E-state index in [1.165, 1.54) is 25.3 Å². The highest BCUT2D eigenvalue weighted by Gasteiger charge is 2.35. The van der Waals surface area contributed by atoms with Crippen LogP contribution >= 0.6 is 0 Å². The predicted molar refractivity (Wildman–Crippen MR) is 93.7 cm³/mol. The summed E-state index contributed by atoms with van der Waals surface area (Å²) in [5.41, 5.74) is 0.125. The van der Waals surface area contributed by atoms with Gasteiger partial charge in [0.1, 0.15) is 0 Å². The summed E-state index contributed by atoms with van der Waals surface area (Å²) in [6.45, 7) is -0.401. The molecule has 2 atom stereocenters. The number of phenolic OH excluding ortho intramolecular Hbond substituents is 2. The predicted octanol–water partition coefficient (Wildman–Crippen LogP) is 2.09. The average molecular weight is 372 g/mol. The Hall–Kier alpha value is -3.39. The van der Waals surface area contributed by atoms with Crippen LogP contribution in [0.15, 0.2) is 45.6 Å². The topological polar surface area (TPSA) is 119 Å². The molecule has 1 aromatic heterocycles. The molecular formula is C19H16O8. The summed E-state index contributed by atoms with van der Waals surface area (Å²) < 4.78 is 22.1. The van der Waals surface area contributed by atoms with E-state index < -0.39 is 30.2 Å². The normalized spacial score (nSPS) is 18.4. The van der Waals surface area contributed by atoms with Gasteiger partial charge in [-0.05, 0) is 30.3 Å². The first-order valence-electron chi connectivity index (χ1n) is 8.12. The summed E-state index contributed by atoms with van der Waals surface area (Å²) >= 11 is 0. The minimum atomic E-state index is -0.845. The number of hydrogen-bond acceptors (Lipinski definition) is 8. The molecule has 0 amide bonds. The van der Waals surface area contributed by atoms with Crippen molar-refractivity contribution in [1.82, 2.24) is 0 Å². The highest BCUT2D eigenvalue weighted by Crippen LogP contribution is 2.46. The van der Waals surface area contributed by atoms with Crippen molar-refractivity contribution < 1.29 is 33.9 Å². The zero-order chi connectivity index (χ0) is 19.1. The number of hydrogen-bond donors (Lipinski definition) is 3. The smallest absolute Gasteiger partial charge is 0.336 e. The van der Waals surface area contributed by atoms with E-state index in [1.807, 2.05) is 0 Å². The molecule has 0 fully saturated rings. The van der Waals surface area contributed by atoms with Gasteiger partial charge in [0.15, 0.2) is 35.0 Å². The standard InChI is InChI=1S/C19H16O8/c1-24-13-7-10(6-11(21)16(13)23)17-14(8-20)26-19-12(25-17)4-2-9-3-5-15(22)27-18(9)19/h2-7,14,17,20-21,23H,8H2,1H3. The number of aliphatic hydroxyl groups excluding tert-OH is 1. The van der Waals surface area contributed by atoms with Crippen LogP contribution < -0.4 is 19.8 Å². The molecular weight excluding hydrogens is 356 g/mol. The monoisotopic (exact) mass is 372 g/mol. The second-order valence-electron chi connectivity index (χ2n) is 6.03. The maximum atomic E-state index is 11.6. The first-order chi connectivity index (χ1) is 13.0. The van der Waals surface area contributed by atoms with Crippen molar-refractivity contribution in [2.45, 2.75) is 12.2 Å². The third-order valence-electron chi connectivity index (χ3n) is 4.37. The number of rotatable bonds is 3. The van der Waals surface area contributed by atoms with Gasteiger partial charge in [0.25, 0.3) is 0 Å². The van der Waals surface area contributed by atoms with Crippen LogP contribution in [-0.4, -0.2) is 35.1 Å². The van der Waals surface area contributed by atoms with Crippen LogP contribution in [0, 0.1) is 0 Å². The molecule has 3 aromatic rings. The number of ether oxygens (including phenoxy) is 3. The second-order valence-corrected chi connectivity index (χ2v) is 6.03. The van der Waals surface area contributed by atoms with Gasteiger partial charge in [0, 0.05) is 17.0 Å². The molecule has 0 aliphatic carbocycles. The van der Waals surface area contributed by atoms with Crippen LogP contribution in [0.4, 0.5) is 0 Å². The number of fused-ring (bicyclic) bond motifs is 3. The van der Waals surface area contributed by atoms with Crippen molar-refractivity contribution in [1.29, 1.82) is 0 Å². The fourth-order valence-electron chi connectivity index (χ4n) is 3.07. The Balaban J connectivity index is 1.82. The number of phenols is 2. The zero-order valence-electron chi connectivity index (χ0n) is 14.2. The third-order valence-corrected chi connectivity index (χ3v) is 4.37. The lowest BCUT2D eigenvalue weighted by atomic mass is 10.0. The molecule has 8 heteroatoms. The molecule has 0 saturated heterocycles. The van der Waals surface area contributed by atoms with Crippen molar-refractivity contribution >= 4 is 11.0 Å². The summed E-state index contributed by atoms with van der Waals surface area (Å²) in [6, 6.07) is 9.07. The Morgan fingerprint density at radius 2 is 1.89 bits per heavy atom. The first-order valence-corrected chi connectivity index (χ1v) is 8.12. The minimum absolute atomic E-state index is 0.0561. The molecule has 4 rings (SSSR count). The van der Waals surface area contributed by atoms with Crippen LogP contribution in [0.2, 0.25) is 0 Å². The number of methoxy groups -OCH3 is 1. The fourth-order valence-corrected chi connectivity index (χ4v) is 3.07. The minimum Gasteiger partial charge on any atom is -0.504 e. The molecule has 2 aromatic carbocycles. The molecule has 0 saturated carbocycles. The Morgan fingerprint density at radius 3 is 2.63 bits per heavy atom. The molecule has 2 heterocycles.